The topological polar surface area (TPSA) is 53.0 Å². The third kappa shape index (κ3) is 8.21. The summed E-state index contributed by atoms with van der Waals surface area (Å²) >= 11 is 0. The van der Waals surface area contributed by atoms with Crippen LogP contribution in [-0.4, -0.2) is 36.8 Å². The molecule has 0 aromatic rings. The van der Waals surface area contributed by atoms with Crippen LogP contribution in [0.5, 0.6) is 0 Å². The number of hydrogen-bond acceptors (Lipinski definition) is 3. The number of alkyl halides is 3. The van der Waals surface area contributed by atoms with Gasteiger partial charge in [0, 0.05) is 0 Å². The molecule has 0 heterocycles. The molecule has 0 fully saturated rings. The van der Waals surface area contributed by atoms with Crippen molar-refractivity contribution < 1.29 is 13.2 Å². The average Bonchev–Trinajstić information content (AvgIpc) is 2.00. The van der Waals surface area contributed by atoms with Gasteiger partial charge >= 0.3 is 6.18 Å². The molecular formula is C9H16F3N3. The van der Waals surface area contributed by atoms with E-state index < -0.39 is 18.3 Å². The molecule has 0 amide bonds. The molecular weight excluding hydrogens is 207 g/mol. The first-order valence-electron chi connectivity index (χ1n) is 4.62. The van der Waals surface area contributed by atoms with E-state index in [9.17, 15) is 13.2 Å². The summed E-state index contributed by atoms with van der Waals surface area (Å²) in [7, 11) is 1.40. The number of rotatable bonds is 5. The smallest absolute Gasteiger partial charge is 0.314 e. The maximum Gasteiger partial charge on any atom is 0.401 e. The number of nitriles is 1. The fourth-order valence-corrected chi connectivity index (χ4v) is 1.16. The Morgan fingerprint density at radius 1 is 1.40 bits per heavy atom. The minimum absolute atomic E-state index is 0.286. The van der Waals surface area contributed by atoms with E-state index >= 15 is 0 Å². The fourth-order valence-electron chi connectivity index (χ4n) is 1.16. The van der Waals surface area contributed by atoms with E-state index in [1.165, 1.54) is 11.9 Å². The second kappa shape index (κ2) is 5.33. The summed E-state index contributed by atoms with van der Waals surface area (Å²) < 4.78 is 35.7. The predicted octanol–water partition coefficient (Wildman–Crippen LogP) is 1.50. The minimum Gasteiger partial charge on any atom is -0.314 e. The molecule has 3 nitrogen and oxygen atoms in total. The van der Waals surface area contributed by atoms with Crippen LogP contribution in [-0.2, 0) is 0 Å². The van der Waals surface area contributed by atoms with Crippen molar-refractivity contribution in [3.63, 3.8) is 0 Å². The predicted molar refractivity (Wildman–Crippen MR) is 51.0 cm³/mol. The van der Waals surface area contributed by atoms with Crippen molar-refractivity contribution in [3.05, 3.63) is 0 Å². The van der Waals surface area contributed by atoms with Crippen molar-refractivity contribution in [1.82, 2.24) is 4.90 Å². The van der Waals surface area contributed by atoms with Gasteiger partial charge in [0.05, 0.1) is 12.6 Å². The first kappa shape index (κ1) is 14.2. The molecule has 0 rings (SSSR count). The molecule has 0 aliphatic heterocycles. The van der Waals surface area contributed by atoms with Gasteiger partial charge in [-0.05, 0) is 33.4 Å². The van der Waals surface area contributed by atoms with Gasteiger partial charge in [-0.25, -0.2) is 0 Å². The first-order chi connectivity index (χ1) is 6.66. The molecule has 0 aliphatic carbocycles. The van der Waals surface area contributed by atoms with E-state index in [4.69, 9.17) is 11.0 Å². The Kier molecular flexibility index (Phi) is 5.05. The van der Waals surface area contributed by atoms with E-state index in [1.807, 2.05) is 6.07 Å². The molecule has 1 unspecified atom stereocenters. The van der Waals surface area contributed by atoms with Gasteiger partial charge < -0.3 is 5.73 Å². The van der Waals surface area contributed by atoms with E-state index in [0.717, 1.165) is 0 Å². The molecule has 0 aliphatic rings. The number of hydrogen-bond donors (Lipinski definition) is 1. The molecule has 0 aromatic carbocycles. The Bertz CT molecular complexity index is 230. The molecule has 0 radical (unpaired) electrons. The average molecular weight is 223 g/mol. The van der Waals surface area contributed by atoms with Crippen molar-refractivity contribution in [2.75, 3.05) is 20.1 Å². The molecule has 0 saturated carbocycles. The maximum absolute atomic E-state index is 11.9. The normalized spacial score (nSPS) is 16.1. The zero-order valence-electron chi connectivity index (χ0n) is 8.93. The number of nitrogens with two attached hydrogens (primary N) is 1. The highest BCUT2D eigenvalue weighted by molar-refractivity contribution is 5.00. The third-order valence-electron chi connectivity index (χ3n) is 1.94. The van der Waals surface area contributed by atoms with Crippen LogP contribution in [0.4, 0.5) is 13.2 Å². The molecule has 2 N–H and O–H groups in total. The van der Waals surface area contributed by atoms with Crippen LogP contribution in [0.1, 0.15) is 19.8 Å². The summed E-state index contributed by atoms with van der Waals surface area (Å²) in [4.78, 5) is 1.17. The van der Waals surface area contributed by atoms with Crippen LogP contribution in [0.25, 0.3) is 0 Å². The molecule has 0 aromatic heterocycles. The summed E-state index contributed by atoms with van der Waals surface area (Å²) in [5.41, 5.74) is 4.58. The van der Waals surface area contributed by atoms with Gasteiger partial charge in [0.2, 0.25) is 0 Å². The van der Waals surface area contributed by atoms with E-state index in [1.54, 1.807) is 6.92 Å². The summed E-state index contributed by atoms with van der Waals surface area (Å²) in [5.74, 6) is 0. The fraction of sp³-hybridized carbons (Fsp3) is 0.889. The van der Waals surface area contributed by atoms with Crippen LogP contribution in [0.2, 0.25) is 0 Å². The summed E-state index contributed by atoms with van der Waals surface area (Å²) in [5, 5.41) is 8.58. The summed E-state index contributed by atoms with van der Waals surface area (Å²) in [6.07, 6.45) is -3.30. The van der Waals surface area contributed by atoms with Crippen molar-refractivity contribution >= 4 is 0 Å². The van der Waals surface area contributed by atoms with Crippen LogP contribution < -0.4 is 5.73 Å². The first-order valence-corrected chi connectivity index (χ1v) is 4.62. The van der Waals surface area contributed by atoms with Gasteiger partial charge in [0.15, 0.2) is 0 Å². The Morgan fingerprint density at radius 3 is 2.33 bits per heavy atom. The molecule has 15 heavy (non-hydrogen) atoms. The molecule has 1 atom stereocenters. The molecule has 0 bridgehead atoms. The van der Waals surface area contributed by atoms with Gasteiger partial charge in [-0.1, -0.05) is 0 Å². The van der Waals surface area contributed by atoms with E-state index in [2.05, 4.69) is 0 Å². The highest BCUT2D eigenvalue weighted by Gasteiger charge is 2.29. The van der Waals surface area contributed by atoms with Crippen molar-refractivity contribution in [2.24, 2.45) is 5.73 Å². The minimum atomic E-state index is -4.17. The molecule has 88 valence electrons. The summed E-state index contributed by atoms with van der Waals surface area (Å²) in [6, 6.07) is 1.90. The van der Waals surface area contributed by atoms with Gasteiger partial charge in [-0.3, -0.25) is 4.90 Å². The lowest BCUT2D eigenvalue weighted by molar-refractivity contribution is -0.143. The van der Waals surface area contributed by atoms with Crippen molar-refractivity contribution in [2.45, 2.75) is 31.5 Å². The zero-order chi connectivity index (χ0) is 12.1. The molecule has 6 heteroatoms. The van der Waals surface area contributed by atoms with Crippen LogP contribution in [0, 0.1) is 11.3 Å². The Labute approximate surface area is 87.6 Å². The largest absolute Gasteiger partial charge is 0.401 e. The van der Waals surface area contributed by atoms with Crippen LogP contribution in [0.3, 0.4) is 0 Å². The van der Waals surface area contributed by atoms with Gasteiger partial charge in [0.25, 0.3) is 0 Å². The number of halogens is 3. The molecule has 0 spiro atoms. The van der Waals surface area contributed by atoms with Gasteiger partial charge in [-0.2, -0.15) is 18.4 Å². The Balaban J connectivity index is 3.75. The Morgan fingerprint density at radius 2 is 1.93 bits per heavy atom. The van der Waals surface area contributed by atoms with Gasteiger partial charge in [0.1, 0.15) is 5.54 Å². The Hall–Kier alpha value is -0.800. The number of nitrogens with zero attached hydrogens (tertiary/aromatic N) is 2. The van der Waals surface area contributed by atoms with E-state index in [-0.39, 0.29) is 6.54 Å². The van der Waals surface area contributed by atoms with Crippen molar-refractivity contribution in [3.8, 4) is 6.07 Å². The lowest BCUT2D eigenvalue weighted by atomic mass is 9.99. The van der Waals surface area contributed by atoms with Gasteiger partial charge in [-0.15, -0.1) is 0 Å². The quantitative estimate of drug-likeness (QED) is 0.768. The van der Waals surface area contributed by atoms with Crippen molar-refractivity contribution in [1.29, 1.82) is 5.26 Å². The summed E-state index contributed by atoms with van der Waals surface area (Å²) in [6.45, 7) is 0.922. The SMILES string of the molecule is CN(CCCC(C)(N)C#N)CC(F)(F)F. The highest BCUT2D eigenvalue weighted by atomic mass is 19.4. The second-order valence-electron chi connectivity index (χ2n) is 3.99. The third-order valence-corrected chi connectivity index (χ3v) is 1.94. The molecule has 0 saturated heterocycles. The maximum atomic E-state index is 11.9. The van der Waals surface area contributed by atoms with E-state index in [0.29, 0.717) is 12.8 Å². The lowest BCUT2D eigenvalue weighted by Crippen LogP contribution is -2.36. The second-order valence-corrected chi connectivity index (χ2v) is 3.99. The van der Waals surface area contributed by atoms with Crippen LogP contribution >= 0.6 is 0 Å². The van der Waals surface area contributed by atoms with Crippen LogP contribution in [0.15, 0.2) is 0 Å². The standard InChI is InChI=1S/C9H16F3N3/c1-8(14,6-13)4-3-5-15(2)7-9(10,11)12/h3-5,7,14H2,1-2H3. The highest BCUT2D eigenvalue weighted by Crippen LogP contribution is 2.16. The monoisotopic (exact) mass is 223 g/mol. The lowest BCUT2D eigenvalue weighted by Gasteiger charge is -2.20. The zero-order valence-corrected chi connectivity index (χ0v) is 8.93.